The van der Waals surface area contributed by atoms with Gasteiger partial charge in [0.05, 0.1) is 4.92 Å². The molecule has 0 saturated heterocycles. The first-order valence-electron chi connectivity index (χ1n) is 4.96. The van der Waals surface area contributed by atoms with Crippen molar-refractivity contribution >= 4 is 11.5 Å². The second-order valence-electron chi connectivity index (χ2n) is 3.61. The zero-order valence-electron chi connectivity index (χ0n) is 9.44. The third-order valence-corrected chi connectivity index (χ3v) is 2.07. The summed E-state index contributed by atoms with van der Waals surface area (Å²) in [4.78, 5) is 10.5. The van der Waals surface area contributed by atoms with Crippen LogP contribution in [0.15, 0.2) is 0 Å². The summed E-state index contributed by atoms with van der Waals surface area (Å²) < 4.78 is 1.65. The van der Waals surface area contributed by atoms with Gasteiger partial charge in [-0.25, -0.2) is 4.68 Å². The van der Waals surface area contributed by atoms with Gasteiger partial charge in [-0.05, 0) is 27.7 Å². The Bertz CT molecular complexity index is 370. The van der Waals surface area contributed by atoms with Crippen molar-refractivity contribution in [3.05, 3.63) is 15.8 Å². The van der Waals surface area contributed by atoms with Crippen LogP contribution in [0.3, 0.4) is 0 Å². The molecule has 1 heterocycles. The van der Waals surface area contributed by atoms with Crippen molar-refractivity contribution < 1.29 is 4.92 Å². The molecule has 1 N–H and O–H groups in total. The molecular formula is C9H16N4O2. The molecule has 1 aromatic rings. The molecular weight excluding hydrogens is 196 g/mol. The number of hydrogen-bond donors (Lipinski definition) is 1. The van der Waals surface area contributed by atoms with Crippen LogP contribution >= 0.6 is 0 Å². The van der Waals surface area contributed by atoms with E-state index < -0.39 is 0 Å². The van der Waals surface area contributed by atoms with Crippen LogP contribution in [0.25, 0.3) is 0 Å². The largest absolute Gasteiger partial charge is 0.365 e. The van der Waals surface area contributed by atoms with Crippen molar-refractivity contribution in [2.45, 2.75) is 33.7 Å². The van der Waals surface area contributed by atoms with Crippen molar-refractivity contribution in [3.63, 3.8) is 0 Å². The molecule has 0 spiro atoms. The molecule has 0 aliphatic heterocycles. The zero-order valence-corrected chi connectivity index (χ0v) is 9.44. The quantitative estimate of drug-likeness (QED) is 0.612. The summed E-state index contributed by atoms with van der Waals surface area (Å²) in [6.07, 6.45) is 0. The molecule has 15 heavy (non-hydrogen) atoms. The summed E-state index contributed by atoms with van der Waals surface area (Å²) in [5.74, 6) is 0.495. The van der Waals surface area contributed by atoms with Crippen LogP contribution in [0.5, 0.6) is 0 Å². The molecule has 0 aromatic carbocycles. The molecule has 0 aliphatic rings. The van der Waals surface area contributed by atoms with Crippen LogP contribution in [0.1, 0.15) is 32.5 Å². The van der Waals surface area contributed by atoms with Crippen LogP contribution in [0, 0.1) is 17.0 Å². The highest BCUT2D eigenvalue weighted by Crippen LogP contribution is 2.30. The number of aromatic nitrogens is 2. The maximum atomic E-state index is 10.9. The normalized spacial score (nSPS) is 10.7. The fourth-order valence-electron chi connectivity index (χ4n) is 1.46. The Morgan fingerprint density at radius 3 is 2.60 bits per heavy atom. The SMILES string of the molecule is CCNc1c([N+](=O)[O-])c(C)nn1C(C)C. The Hall–Kier alpha value is -1.59. The van der Waals surface area contributed by atoms with E-state index in [0.717, 1.165) is 0 Å². The van der Waals surface area contributed by atoms with Gasteiger partial charge in [-0.15, -0.1) is 0 Å². The standard InChI is InChI=1S/C9H16N4O2/c1-5-10-9-8(13(14)15)7(4)11-12(9)6(2)3/h6,10H,5H2,1-4H3. The van der Waals surface area contributed by atoms with Gasteiger partial charge in [-0.3, -0.25) is 10.1 Å². The minimum Gasteiger partial charge on any atom is -0.365 e. The maximum absolute atomic E-state index is 10.9. The maximum Gasteiger partial charge on any atom is 0.333 e. The molecule has 0 fully saturated rings. The second-order valence-corrected chi connectivity index (χ2v) is 3.61. The molecule has 0 atom stereocenters. The minimum absolute atomic E-state index is 0.0746. The van der Waals surface area contributed by atoms with E-state index in [1.54, 1.807) is 11.6 Å². The molecule has 0 bridgehead atoms. The predicted octanol–water partition coefficient (Wildman–Crippen LogP) is 2.11. The highest BCUT2D eigenvalue weighted by atomic mass is 16.6. The fraction of sp³-hybridized carbons (Fsp3) is 0.667. The Morgan fingerprint density at radius 1 is 1.60 bits per heavy atom. The minimum atomic E-state index is -0.390. The molecule has 1 aromatic heterocycles. The summed E-state index contributed by atoms with van der Waals surface area (Å²) in [5.41, 5.74) is 0.523. The Labute approximate surface area is 88.4 Å². The van der Waals surface area contributed by atoms with Crippen molar-refractivity contribution in [2.75, 3.05) is 11.9 Å². The monoisotopic (exact) mass is 212 g/mol. The number of rotatable bonds is 4. The predicted molar refractivity (Wildman–Crippen MR) is 58.2 cm³/mol. The highest BCUT2D eigenvalue weighted by Gasteiger charge is 2.25. The van der Waals surface area contributed by atoms with E-state index in [1.807, 2.05) is 20.8 Å². The van der Waals surface area contributed by atoms with Gasteiger partial charge >= 0.3 is 5.69 Å². The van der Waals surface area contributed by atoms with Crippen LogP contribution in [-0.2, 0) is 0 Å². The van der Waals surface area contributed by atoms with Gasteiger partial charge in [0.25, 0.3) is 0 Å². The number of nitrogens with zero attached hydrogens (tertiary/aromatic N) is 3. The van der Waals surface area contributed by atoms with Gasteiger partial charge < -0.3 is 5.32 Å². The van der Waals surface area contributed by atoms with Crippen LogP contribution in [-0.4, -0.2) is 21.2 Å². The Morgan fingerprint density at radius 2 is 2.20 bits per heavy atom. The van der Waals surface area contributed by atoms with E-state index in [1.165, 1.54) is 0 Å². The lowest BCUT2D eigenvalue weighted by atomic mass is 10.3. The summed E-state index contributed by atoms with van der Waals surface area (Å²) >= 11 is 0. The highest BCUT2D eigenvalue weighted by molar-refractivity contribution is 5.59. The third kappa shape index (κ3) is 2.08. The number of anilines is 1. The zero-order chi connectivity index (χ0) is 11.6. The van der Waals surface area contributed by atoms with Gasteiger partial charge in [-0.2, -0.15) is 5.10 Å². The van der Waals surface area contributed by atoms with E-state index in [2.05, 4.69) is 10.4 Å². The van der Waals surface area contributed by atoms with Crippen molar-refractivity contribution in [1.82, 2.24) is 9.78 Å². The van der Waals surface area contributed by atoms with Gasteiger partial charge in [0, 0.05) is 12.6 Å². The summed E-state index contributed by atoms with van der Waals surface area (Å²) in [6.45, 7) is 8.07. The Balaban J connectivity index is 3.30. The number of aryl methyl sites for hydroxylation is 1. The van der Waals surface area contributed by atoms with E-state index in [4.69, 9.17) is 0 Å². The second kappa shape index (κ2) is 4.29. The van der Waals surface area contributed by atoms with Gasteiger partial charge in [-0.1, -0.05) is 0 Å². The number of hydrogen-bond acceptors (Lipinski definition) is 4. The number of nitrogens with one attached hydrogen (secondary N) is 1. The topological polar surface area (TPSA) is 73.0 Å². The smallest absolute Gasteiger partial charge is 0.333 e. The van der Waals surface area contributed by atoms with Crippen LogP contribution in [0.2, 0.25) is 0 Å². The molecule has 84 valence electrons. The lowest BCUT2D eigenvalue weighted by Crippen LogP contribution is -2.10. The lowest BCUT2D eigenvalue weighted by molar-refractivity contribution is -0.384. The molecule has 0 aliphatic carbocycles. The van der Waals surface area contributed by atoms with Crippen LogP contribution in [0.4, 0.5) is 11.5 Å². The molecule has 0 amide bonds. The van der Waals surface area contributed by atoms with E-state index in [9.17, 15) is 10.1 Å². The van der Waals surface area contributed by atoms with Gasteiger partial charge in [0.2, 0.25) is 5.82 Å². The summed E-state index contributed by atoms with van der Waals surface area (Å²) in [5, 5.41) is 18.0. The first-order chi connectivity index (χ1) is 6.99. The fourth-order valence-corrected chi connectivity index (χ4v) is 1.46. The number of nitro groups is 1. The summed E-state index contributed by atoms with van der Waals surface area (Å²) in [7, 11) is 0. The van der Waals surface area contributed by atoms with Crippen molar-refractivity contribution in [1.29, 1.82) is 0 Å². The third-order valence-electron chi connectivity index (χ3n) is 2.07. The Kier molecular flexibility index (Phi) is 3.28. The molecule has 1 rings (SSSR count). The average Bonchev–Trinajstić information content (AvgIpc) is 2.43. The first kappa shape index (κ1) is 11.5. The molecule has 6 nitrogen and oxygen atoms in total. The van der Waals surface area contributed by atoms with E-state index in [0.29, 0.717) is 18.1 Å². The summed E-state index contributed by atoms with van der Waals surface area (Å²) in [6, 6.07) is 0.103. The lowest BCUT2D eigenvalue weighted by Gasteiger charge is -2.10. The molecule has 0 unspecified atom stereocenters. The first-order valence-corrected chi connectivity index (χ1v) is 4.96. The van der Waals surface area contributed by atoms with Gasteiger partial charge in [0.1, 0.15) is 5.69 Å². The van der Waals surface area contributed by atoms with Crippen molar-refractivity contribution in [3.8, 4) is 0 Å². The van der Waals surface area contributed by atoms with E-state index >= 15 is 0 Å². The molecule has 0 saturated carbocycles. The van der Waals surface area contributed by atoms with Crippen molar-refractivity contribution in [2.24, 2.45) is 0 Å². The van der Waals surface area contributed by atoms with Gasteiger partial charge in [0.15, 0.2) is 0 Å². The molecule has 0 radical (unpaired) electrons. The molecule has 6 heteroatoms. The van der Waals surface area contributed by atoms with E-state index in [-0.39, 0.29) is 16.7 Å². The average molecular weight is 212 g/mol. The van der Waals surface area contributed by atoms with Crippen LogP contribution < -0.4 is 5.32 Å².